The van der Waals surface area contributed by atoms with Gasteiger partial charge in [0, 0.05) is 17.0 Å². The zero-order chi connectivity index (χ0) is 28.7. The first kappa shape index (κ1) is 28.2. The average molecular weight is 565 g/mol. The molecule has 2 amide bonds. The van der Waals surface area contributed by atoms with E-state index in [-0.39, 0.29) is 31.6 Å². The Hall–Kier alpha value is -3.30. The van der Waals surface area contributed by atoms with E-state index in [0.717, 1.165) is 5.56 Å². The minimum atomic E-state index is -0.907. The van der Waals surface area contributed by atoms with Crippen molar-refractivity contribution >= 4 is 35.2 Å². The molecule has 0 radical (unpaired) electrons. The molecule has 3 fully saturated rings. The van der Waals surface area contributed by atoms with Gasteiger partial charge in [-0.1, -0.05) is 36.4 Å². The maximum Gasteiger partial charge on any atom is 0.311 e. The molecule has 40 heavy (non-hydrogen) atoms. The van der Waals surface area contributed by atoms with Crippen LogP contribution in [0.4, 0.5) is 5.69 Å². The number of carbonyl (C=O) groups is 3. The Morgan fingerprint density at radius 2 is 1.90 bits per heavy atom. The number of esters is 1. The van der Waals surface area contributed by atoms with E-state index in [0.29, 0.717) is 24.3 Å². The number of fused-ring (bicyclic) bond motifs is 1. The van der Waals surface area contributed by atoms with Crippen LogP contribution in [0.15, 0.2) is 67.3 Å². The molecule has 212 valence electrons. The number of methoxy groups -OCH3 is 1. The van der Waals surface area contributed by atoms with Crippen molar-refractivity contribution in [1.29, 1.82) is 0 Å². The van der Waals surface area contributed by atoms with Crippen molar-refractivity contribution in [2.75, 3.05) is 31.8 Å². The normalized spacial score (nSPS) is 29.1. The molecular formula is C31H36N2O6S. The van der Waals surface area contributed by atoms with E-state index in [4.69, 9.17) is 9.47 Å². The van der Waals surface area contributed by atoms with E-state index in [2.05, 4.69) is 6.58 Å². The van der Waals surface area contributed by atoms with Gasteiger partial charge < -0.3 is 24.4 Å². The van der Waals surface area contributed by atoms with Crippen LogP contribution in [-0.2, 0) is 19.1 Å². The topological polar surface area (TPSA) is 96.4 Å². The maximum absolute atomic E-state index is 14.8. The maximum atomic E-state index is 14.8. The molecule has 2 bridgehead atoms. The number of thioether (sulfide) groups is 1. The van der Waals surface area contributed by atoms with Gasteiger partial charge in [0.05, 0.1) is 42.9 Å². The Morgan fingerprint density at radius 3 is 2.50 bits per heavy atom. The number of ether oxygens (including phenoxy) is 2. The minimum absolute atomic E-state index is 0.212. The minimum Gasteiger partial charge on any atom is -0.497 e. The second-order valence-corrected chi connectivity index (χ2v) is 12.7. The second-order valence-electron chi connectivity index (χ2n) is 10.8. The summed E-state index contributed by atoms with van der Waals surface area (Å²) in [5, 5.41) is 10.7. The molecule has 0 aliphatic carbocycles. The number of aliphatic hydroxyl groups excluding tert-OH is 1. The number of likely N-dealkylation sites (tertiary alicyclic amines) is 1. The first-order valence-corrected chi connectivity index (χ1v) is 14.5. The SMILES string of the molecule is C=CCN(C(=O)C1N([C@H](CO)c2ccccc2)C(=O)[C@@H]2[C@@H](C(=O)OCC)[C@@]3(C)CCC12S3)c1ccc(OC)cc1. The smallest absolute Gasteiger partial charge is 0.311 e. The van der Waals surface area contributed by atoms with Crippen LogP contribution in [0, 0.1) is 11.8 Å². The first-order chi connectivity index (χ1) is 19.3. The van der Waals surface area contributed by atoms with Crippen molar-refractivity contribution < 1.29 is 29.0 Å². The number of amides is 2. The summed E-state index contributed by atoms with van der Waals surface area (Å²) in [5.74, 6) is -1.71. The van der Waals surface area contributed by atoms with Gasteiger partial charge >= 0.3 is 5.97 Å². The van der Waals surface area contributed by atoms with Gasteiger partial charge in [0.2, 0.25) is 5.91 Å². The number of benzene rings is 2. The van der Waals surface area contributed by atoms with E-state index in [9.17, 15) is 19.5 Å². The highest BCUT2D eigenvalue weighted by Crippen LogP contribution is 2.72. The van der Waals surface area contributed by atoms with Crippen molar-refractivity contribution in [1.82, 2.24) is 4.90 Å². The first-order valence-electron chi connectivity index (χ1n) is 13.7. The van der Waals surface area contributed by atoms with Crippen LogP contribution >= 0.6 is 11.8 Å². The van der Waals surface area contributed by atoms with Crippen molar-refractivity contribution in [2.45, 2.75) is 48.3 Å². The Kier molecular flexibility index (Phi) is 7.72. The molecule has 3 aliphatic heterocycles. The van der Waals surface area contributed by atoms with Gasteiger partial charge in [-0.2, -0.15) is 0 Å². The van der Waals surface area contributed by atoms with Crippen molar-refractivity contribution in [3.05, 3.63) is 72.8 Å². The summed E-state index contributed by atoms with van der Waals surface area (Å²) in [5.41, 5.74) is 1.37. The third kappa shape index (κ3) is 4.30. The van der Waals surface area contributed by atoms with Gasteiger partial charge in [-0.25, -0.2) is 0 Å². The largest absolute Gasteiger partial charge is 0.497 e. The lowest BCUT2D eigenvalue weighted by atomic mass is 9.66. The summed E-state index contributed by atoms with van der Waals surface area (Å²) in [6.45, 7) is 7.72. The molecule has 6 atom stereocenters. The molecular weight excluding hydrogens is 528 g/mol. The number of rotatable bonds is 10. The Bertz CT molecular complexity index is 1290. The predicted octanol–water partition coefficient (Wildman–Crippen LogP) is 3.99. The summed E-state index contributed by atoms with van der Waals surface area (Å²) in [6.07, 6.45) is 2.94. The lowest BCUT2D eigenvalue weighted by Crippen LogP contribution is -2.56. The van der Waals surface area contributed by atoms with Crippen LogP contribution in [0.1, 0.15) is 38.3 Å². The lowest BCUT2D eigenvalue weighted by Gasteiger charge is -2.39. The van der Waals surface area contributed by atoms with Crippen molar-refractivity contribution in [2.24, 2.45) is 11.8 Å². The van der Waals surface area contributed by atoms with Crippen molar-refractivity contribution in [3.63, 3.8) is 0 Å². The molecule has 2 unspecified atom stereocenters. The highest BCUT2D eigenvalue weighted by Gasteiger charge is 2.78. The van der Waals surface area contributed by atoms with Gasteiger partial charge in [-0.05, 0) is 56.5 Å². The number of anilines is 1. The average Bonchev–Trinajstić information content (AvgIpc) is 3.53. The van der Waals surface area contributed by atoms with Gasteiger partial charge in [0.25, 0.3) is 5.91 Å². The van der Waals surface area contributed by atoms with Gasteiger partial charge in [0.1, 0.15) is 11.8 Å². The molecule has 0 saturated carbocycles. The summed E-state index contributed by atoms with van der Waals surface area (Å²) in [6, 6.07) is 14.8. The molecule has 8 nitrogen and oxygen atoms in total. The van der Waals surface area contributed by atoms with E-state index >= 15 is 0 Å². The van der Waals surface area contributed by atoms with Crippen LogP contribution in [0.2, 0.25) is 0 Å². The van der Waals surface area contributed by atoms with E-state index in [1.54, 1.807) is 65.9 Å². The van der Waals surface area contributed by atoms with Gasteiger partial charge in [-0.3, -0.25) is 14.4 Å². The molecule has 0 aromatic heterocycles. The molecule has 3 saturated heterocycles. The molecule has 1 spiro atoms. The van der Waals surface area contributed by atoms with Crippen LogP contribution in [0.3, 0.4) is 0 Å². The second kappa shape index (κ2) is 10.9. The fraction of sp³-hybridized carbons (Fsp3) is 0.452. The third-order valence-corrected chi connectivity index (χ3v) is 10.6. The fourth-order valence-corrected chi connectivity index (χ4v) is 9.29. The van der Waals surface area contributed by atoms with E-state index in [1.807, 2.05) is 37.3 Å². The molecule has 2 aromatic carbocycles. The number of hydrogen-bond donors (Lipinski definition) is 1. The molecule has 3 heterocycles. The Morgan fingerprint density at radius 1 is 1.20 bits per heavy atom. The van der Waals surface area contributed by atoms with Gasteiger partial charge in [-0.15, -0.1) is 18.3 Å². The third-order valence-electron chi connectivity index (χ3n) is 8.64. The zero-order valence-corrected chi connectivity index (χ0v) is 23.9. The van der Waals surface area contributed by atoms with Crippen LogP contribution in [-0.4, -0.2) is 70.2 Å². The number of hydrogen-bond acceptors (Lipinski definition) is 7. The predicted molar refractivity (Wildman–Crippen MR) is 154 cm³/mol. The van der Waals surface area contributed by atoms with Crippen LogP contribution in [0.5, 0.6) is 5.75 Å². The summed E-state index contributed by atoms with van der Waals surface area (Å²) in [4.78, 5) is 45.8. The number of aliphatic hydroxyl groups is 1. The molecule has 2 aromatic rings. The number of nitrogens with zero attached hydrogens (tertiary/aromatic N) is 2. The Labute approximate surface area is 239 Å². The number of carbonyl (C=O) groups excluding carboxylic acids is 3. The molecule has 1 N–H and O–H groups in total. The van der Waals surface area contributed by atoms with Crippen molar-refractivity contribution in [3.8, 4) is 5.75 Å². The summed E-state index contributed by atoms with van der Waals surface area (Å²) in [7, 11) is 1.58. The fourth-order valence-electron chi connectivity index (χ4n) is 6.96. The van der Waals surface area contributed by atoms with E-state index in [1.165, 1.54) is 0 Å². The molecule has 5 rings (SSSR count). The van der Waals surface area contributed by atoms with Crippen LogP contribution < -0.4 is 9.64 Å². The molecule has 3 aliphatic rings. The summed E-state index contributed by atoms with van der Waals surface area (Å²) < 4.78 is 9.42. The van der Waals surface area contributed by atoms with E-state index < -0.39 is 39.4 Å². The highest BCUT2D eigenvalue weighted by atomic mass is 32.2. The standard InChI is InChI=1S/C31H36N2O6S/c1-5-18-32(21-12-14-22(38-4)15-13-21)28(36)26-31-17-16-30(3,40-31)25(29(37)39-6-2)24(31)27(35)33(26)23(19-34)20-10-8-7-9-11-20/h5,7-15,23-26,34H,1,6,16-19H2,2-4H3/t23-,24+,25+,26?,30-,31?/m1/s1. The van der Waals surface area contributed by atoms with Crippen LogP contribution in [0.25, 0.3) is 0 Å². The quantitative estimate of drug-likeness (QED) is 0.344. The monoisotopic (exact) mass is 564 g/mol. The lowest BCUT2D eigenvalue weighted by molar-refractivity contribution is -0.155. The zero-order valence-electron chi connectivity index (χ0n) is 23.1. The Balaban J connectivity index is 1.65. The van der Waals surface area contributed by atoms with Gasteiger partial charge in [0.15, 0.2) is 0 Å². The summed E-state index contributed by atoms with van der Waals surface area (Å²) >= 11 is 1.58. The molecule has 9 heteroatoms. The highest BCUT2D eigenvalue weighted by molar-refractivity contribution is 8.02.